The van der Waals surface area contributed by atoms with E-state index >= 15 is 0 Å². The Morgan fingerprint density at radius 1 is 1.50 bits per heavy atom. The van der Waals surface area contributed by atoms with E-state index in [-0.39, 0.29) is 5.56 Å². The average Bonchev–Trinajstić information content (AvgIpc) is 2.34. The molecule has 0 aromatic heterocycles. The van der Waals surface area contributed by atoms with E-state index in [1.807, 2.05) is 11.8 Å². The van der Waals surface area contributed by atoms with Crippen LogP contribution >= 0.6 is 0 Å². The highest BCUT2D eigenvalue weighted by Gasteiger charge is 2.13. The highest BCUT2D eigenvalue weighted by Crippen LogP contribution is 2.14. The van der Waals surface area contributed by atoms with E-state index in [0.29, 0.717) is 25.3 Å². The van der Waals surface area contributed by atoms with E-state index in [1.54, 1.807) is 7.11 Å². The normalized spacial score (nSPS) is 10.9. The summed E-state index contributed by atoms with van der Waals surface area (Å²) in [5.74, 6) is -1.45. The topological polar surface area (TPSA) is 49.8 Å². The summed E-state index contributed by atoms with van der Waals surface area (Å²) in [4.78, 5) is 13.1. The van der Waals surface area contributed by atoms with Crippen molar-refractivity contribution in [2.24, 2.45) is 0 Å². The van der Waals surface area contributed by atoms with Gasteiger partial charge in [-0.2, -0.15) is 0 Å². The van der Waals surface area contributed by atoms with Gasteiger partial charge in [0.1, 0.15) is 5.82 Å². The summed E-state index contributed by atoms with van der Waals surface area (Å²) >= 11 is 0. The molecule has 1 aromatic rings. The molecule has 0 atom stereocenters. The molecule has 0 spiro atoms. The van der Waals surface area contributed by atoms with Crippen molar-refractivity contribution in [3.05, 3.63) is 35.1 Å². The SMILES string of the molecule is CCN(CCOC)Cc1cc(F)ccc1C(=O)O. The molecule has 5 heteroatoms. The van der Waals surface area contributed by atoms with Crippen molar-refractivity contribution in [2.45, 2.75) is 13.5 Å². The van der Waals surface area contributed by atoms with Gasteiger partial charge in [-0.1, -0.05) is 6.92 Å². The summed E-state index contributed by atoms with van der Waals surface area (Å²) in [6.07, 6.45) is 0. The smallest absolute Gasteiger partial charge is 0.336 e. The first-order chi connectivity index (χ1) is 8.58. The van der Waals surface area contributed by atoms with Gasteiger partial charge in [0.15, 0.2) is 0 Å². The number of benzene rings is 1. The predicted octanol–water partition coefficient (Wildman–Crippen LogP) is 1.99. The number of halogens is 1. The van der Waals surface area contributed by atoms with Gasteiger partial charge in [-0.25, -0.2) is 9.18 Å². The van der Waals surface area contributed by atoms with Crippen LogP contribution in [0.2, 0.25) is 0 Å². The molecule has 1 rings (SSSR count). The molecule has 0 aliphatic rings. The Kier molecular flexibility index (Phi) is 5.74. The fourth-order valence-corrected chi connectivity index (χ4v) is 1.71. The molecular formula is C13H18FNO3. The maximum absolute atomic E-state index is 13.2. The molecule has 0 heterocycles. The molecule has 4 nitrogen and oxygen atoms in total. The van der Waals surface area contributed by atoms with Crippen molar-refractivity contribution < 1.29 is 19.0 Å². The Morgan fingerprint density at radius 3 is 2.78 bits per heavy atom. The molecule has 1 N–H and O–H groups in total. The van der Waals surface area contributed by atoms with E-state index in [9.17, 15) is 9.18 Å². The monoisotopic (exact) mass is 255 g/mol. The van der Waals surface area contributed by atoms with Gasteiger partial charge >= 0.3 is 5.97 Å². The van der Waals surface area contributed by atoms with E-state index in [0.717, 1.165) is 6.54 Å². The molecule has 0 unspecified atom stereocenters. The van der Waals surface area contributed by atoms with Gasteiger partial charge in [-0.15, -0.1) is 0 Å². The van der Waals surface area contributed by atoms with Crippen LogP contribution in [0, 0.1) is 5.82 Å². The number of ether oxygens (including phenoxy) is 1. The van der Waals surface area contributed by atoms with Gasteiger partial charge < -0.3 is 9.84 Å². The lowest BCUT2D eigenvalue weighted by atomic mass is 10.1. The van der Waals surface area contributed by atoms with E-state index in [4.69, 9.17) is 9.84 Å². The first-order valence-corrected chi connectivity index (χ1v) is 5.81. The van der Waals surface area contributed by atoms with E-state index in [2.05, 4.69) is 0 Å². The summed E-state index contributed by atoms with van der Waals surface area (Å²) in [7, 11) is 1.61. The van der Waals surface area contributed by atoms with Crippen LogP contribution in [0.3, 0.4) is 0 Å². The fourth-order valence-electron chi connectivity index (χ4n) is 1.71. The van der Waals surface area contributed by atoms with Crippen molar-refractivity contribution in [2.75, 3.05) is 26.8 Å². The maximum Gasteiger partial charge on any atom is 0.336 e. The molecule has 0 radical (unpaired) electrons. The highest BCUT2D eigenvalue weighted by molar-refractivity contribution is 5.89. The summed E-state index contributed by atoms with van der Waals surface area (Å²) < 4.78 is 18.2. The second kappa shape index (κ2) is 7.08. The molecule has 0 fully saturated rings. The second-order valence-corrected chi connectivity index (χ2v) is 3.97. The number of nitrogens with zero attached hydrogens (tertiary/aromatic N) is 1. The molecular weight excluding hydrogens is 237 g/mol. The van der Waals surface area contributed by atoms with Gasteiger partial charge in [0, 0.05) is 20.2 Å². The molecule has 18 heavy (non-hydrogen) atoms. The molecule has 0 aliphatic carbocycles. The van der Waals surface area contributed by atoms with Crippen LogP contribution in [0.4, 0.5) is 4.39 Å². The quantitative estimate of drug-likeness (QED) is 0.809. The van der Waals surface area contributed by atoms with Gasteiger partial charge in [0.25, 0.3) is 0 Å². The largest absolute Gasteiger partial charge is 0.478 e. The van der Waals surface area contributed by atoms with E-state index in [1.165, 1.54) is 18.2 Å². The Bertz CT molecular complexity index is 409. The number of carbonyl (C=O) groups is 1. The molecule has 1 aromatic carbocycles. The average molecular weight is 255 g/mol. The third-order valence-electron chi connectivity index (χ3n) is 2.75. The Balaban J connectivity index is 2.86. The number of hydrogen-bond donors (Lipinski definition) is 1. The van der Waals surface area contributed by atoms with Crippen molar-refractivity contribution in [1.29, 1.82) is 0 Å². The first kappa shape index (κ1) is 14.6. The first-order valence-electron chi connectivity index (χ1n) is 5.81. The Morgan fingerprint density at radius 2 is 2.22 bits per heavy atom. The van der Waals surface area contributed by atoms with Crippen LogP contribution < -0.4 is 0 Å². The number of carboxylic acid groups (broad SMARTS) is 1. The summed E-state index contributed by atoms with van der Waals surface area (Å²) in [5, 5.41) is 9.05. The van der Waals surface area contributed by atoms with Gasteiger partial charge in [0.05, 0.1) is 12.2 Å². The zero-order valence-electron chi connectivity index (χ0n) is 10.6. The van der Waals surface area contributed by atoms with E-state index < -0.39 is 11.8 Å². The number of carboxylic acids is 1. The van der Waals surface area contributed by atoms with Gasteiger partial charge in [0.2, 0.25) is 0 Å². The van der Waals surface area contributed by atoms with Crippen molar-refractivity contribution >= 4 is 5.97 Å². The fraction of sp³-hybridized carbons (Fsp3) is 0.462. The van der Waals surface area contributed by atoms with Crippen molar-refractivity contribution in [3.63, 3.8) is 0 Å². The van der Waals surface area contributed by atoms with Crippen LogP contribution in [0.15, 0.2) is 18.2 Å². The molecule has 0 aliphatic heterocycles. The molecule has 0 saturated heterocycles. The third kappa shape index (κ3) is 4.09. The zero-order chi connectivity index (χ0) is 13.5. The minimum Gasteiger partial charge on any atom is -0.478 e. The maximum atomic E-state index is 13.2. The van der Waals surface area contributed by atoms with Crippen LogP contribution in [-0.4, -0.2) is 42.8 Å². The lowest BCUT2D eigenvalue weighted by molar-refractivity contribution is 0.0694. The van der Waals surface area contributed by atoms with Crippen LogP contribution in [0.5, 0.6) is 0 Å². The van der Waals surface area contributed by atoms with Crippen LogP contribution in [0.25, 0.3) is 0 Å². The minimum atomic E-state index is -1.03. The summed E-state index contributed by atoms with van der Waals surface area (Å²) in [6, 6.07) is 3.74. The van der Waals surface area contributed by atoms with Crippen LogP contribution in [0.1, 0.15) is 22.8 Å². The predicted molar refractivity (Wildman–Crippen MR) is 66.2 cm³/mol. The van der Waals surface area contributed by atoms with Gasteiger partial charge in [-0.05, 0) is 30.3 Å². The van der Waals surface area contributed by atoms with Crippen molar-refractivity contribution in [1.82, 2.24) is 4.90 Å². The lowest BCUT2D eigenvalue weighted by Gasteiger charge is -2.20. The second-order valence-electron chi connectivity index (χ2n) is 3.97. The summed E-state index contributed by atoms with van der Waals surface area (Å²) in [6.45, 7) is 4.36. The molecule has 0 bridgehead atoms. The highest BCUT2D eigenvalue weighted by atomic mass is 19.1. The van der Waals surface area contributed by atoms with Crippen molar-refractivity contribution in [3.8, 4) is 0 Å². The number of rotatable bonds is 7. The number of aromatic carboxylic acids is 1. The Hall–Kier alpha value is -1.46. The zero-order valence-corrected chi connectivity index (χ0v) is 10.6. The molecule has 0 amide bonds. The Labute approximate surface area is 106 Å². The third-order valence-corrected chi connectivity index (χ3v) is 2.75. The summed E-state index contributed by atoms with van der Waals surface area (Å²) in [5.41, 5.74) is 0.632. The standard InChI is InChI=1S/C13H18FNO3/c1-3-15(6-7-18-2)9-10-8-11(14)4-5-12(10)13(16)17/h4-5,8H,3,6-7,9H2,1-2H3,(H,16,17). The number of hydrogen-bond acceptors (Lipinski definition) is 3. The number of methoxy groups -OCH3 is 1. The molecule has 0 saturated carbocycles. The molecule has 100 valence electrons. The van der Waals surface area contributed by atoms with Crippen LogP contribution in [-0.2, 0) is 11.3 Å². The number of likely N-dealkylation sites (N-methyl/N-ethyl adjacent to an activating group) is 1. The van der Waals surface area contributed by atoms with Gasteiger partial charge in [-0.3, -0.25) is 4.90 Å². The lowest BCUT2D eigenvalue weighted by Crippen LogP contribution is -2.27. The minimum absolute atomic E-state index is 0.146.